The van der Waals surface area contributed by atoms with Crippen molar-refractivity contribution < 1.29 is 9.53 Å². The monoisotopic (exact) mass is 191 g/mol. The number of fused-ring (bicyclic) bond motifs is 1. The Morgan fingerprint density at radius 3 is 3.07 bits per heavy atom. The molecule has 0 saturated carbocycles. The van der Waals surface area contributed by atoms with Crippen LogP contribution in [0.25, 0.3) is 0 Å². The third-order valence-electron chi connectivity index (χ3n) is 2.57. The molecule has 1 aromatic rings. The number of carbonyl (C=O) groups is 1. The fourth-order valence-electron chi connectivity index (χ4n) is 1.74. The van der Waals surface area contributed by atoms with E-state index in [-0.39, 0.29) is 6.04 Å². The van der Waals surface area contributed by atoms with E-state index in [0.29, 0.717) is 0 Å². The summed E-state index contributed by atoms with van der Waals surface area (Å²) in [6.07, 6.45) is 1.72. The zero-order valence-electron chi connectivity index (χ0n) is 8.12. The molecule has 0 aliphatic carbocycles. The van der Waals surface area contributed by atoms with Gasteiger partial charge in [0.1, 0.15) is 12.0 Å². The quantitative estimate of drug-likeness (QED) is 0.706. The molecule has 0 spiro atoms. The molecule has 74 valence electrons. The van der Waals surface area contributed by atoms with Gasteiger partial charge in [0, 0.05) is 6.54 Å². The number of hydrogen-bond acceptors (Lipinski definition) is 3. The third-order valence-corrected chi connectivity index (χ3v) is 2.57. The molecule has 0 aromatic heterocycles. The van der Waals surface area contributed by atoms with Crippen LogP contribution in [-0.4, -0.2) is 19.4 Å². The van der Waals surface area contributed by atoms with Crippen molar-refractivity contribution in [1.82, 2.24) is 5.32 Å². The topological polar surface area (TPSA) is 38.3 Å². The van der Waals surface area contributed by atoms with Crippen LogP contribution in [0, 0.1) is 0 Å². The van der Waals surface area contributed by atoms with Gasteiger partial charge in [-0.05, 0) is 29.7 Å². The Labute approximate surface area is 83.1 Å². The van der Waals surface area contributed by atoms with Gasteiger partial charge in [-0.3, -0.25) is 0 Å². The smallest absolute Gasteiger partial charge is 0.137 e. The molecule has 0 saturated heterocycles. The van der Waals surface area contributed by atoms with Gasteiger partial charge in [0.05, 0.1) is 13.2 Å². The lowest BCUT2D eigenvalue weighted by Gasteiger charge is -2.22. The van der Waals surface area contributed by atoms with Crippen LogP contribution < -0.4 is 10.1 Å². The Bertz CT molecular complexity index is 349. The van der Waals surface area contributed by atoms with Crippen molar-refractivity contribution in [3.8, 4) is 5.75 Å². The summed E-state index contributed by atoms with van der Waals surface area (Å²) >= 11 is 0. The molecule has 14 heavy (non-hydrogen) atoms. The van der Waals surface area contributed by atoms with E-state index in [1.165, 1.54) is 11.1 Å². The van der Waals surface area contributed by atoms with Crippen molar-refractivity contribution in [2.24, 2.45) is 0 Å². The number of benzene rings is 1. The number of hydrogen-bond donors (Lipinski definition) is 1. The van der Waals surface area contributed by atoms with Gasteiger partial charge in [0.25, 0.3) is 0 Å². The van der Waals surface area contributed by atoms with Crippen molar-refractivity contribution in [1.29, 1.82) is 0 Å². The Morgan fingerprint density at radius 2 is 2.36 bits per heavy atom. The molecule has 1 aliphatic heterocycles. The number of rotatable bonds is 2. The lowest BCUT2D eigenvalue weighted by atomic mass is 9.96. The van der Waals surface area contributed by atoms with E-state index < -0.39 is 0 Å². The lowest BCUT2D eigenvalue weighted by Crippen LogP contribution is -2.36. The van der Waals surface area contributed by atoms with E-state index in [9.17, 15) is 4.79 Å². The van der Waals surface area contributed by atoms with Crippen LogP contribution in [0.2, 0.25) is 0 Å². The van der Waals surface area contributed by atoms with Crippen LogP contribution in [0.5, 0.6) is 5.75 Å². The summed E-state index contributed by atoms with van der Waals surface area (Å²) in [7, 11) is 1.65. The van der Waals surface area contributed by atoms with Gasteiger partial charge in [-0.15, -0.1) is 0 Å². The van der Waals surface area contributed by atoms with Crippen LogP contribution >= 0.6 is 0 Å². The summed E-state index contributed by atoms with van der Waals surface area (Å²) < 4.78 is 5.14. The second kappa shape index (κ2) is 3.80. The van der Waals surface area contributed by atoms with Gasteiger partial charge in [-0.1, -0.05) is 6.07 Å². The molecule has 1 heterocycles. The van der Waals surface area contributed by atoms with Crippen molar-refractivity contribution in [3.05, 3.63) is 29.3 Å². The number of aldehydes is 1. The van der Waals surface area contributed by atoms with Crippen molar-refractivity contribution in [2.45, 2.75) is 19.0 Å². The van der Waals surface area contributed by atoms with Gasteiger partial charge in [-0.2, -0.15) is 0 Å². The van der Waals surface area contributed by atoms with Crippen LogP contribution in [0.1, 0.15) is 11.1 Å². The van der Waals surface area contributed by atoms with Gasteiger partial charge in [0.2, 0.25) is 0 Å². The largest absolute Gasteiger partial charge is 0.497 e. The second-order valence-electron chi connectivity index (χ2n) is 3.46. The summed E-state index contributed by atoms with van der Waals surface area (Å²) in [6, 6.07) is 5.95. The first-order chi connectivity index (χ1) is 6.83. The van der Waals surface area contributed by atoms with E-state index in [0.717, 1.165) is 25.0 Å². The minimum atomic E-state index is -0.0467. The maximum Gasteiger partial charge on any atom is 0.137 e. The van der Waals surface area contributed by atoms with Crippen LogP contribution in [0.4, 0.5) is 0 Å². The number of methoxy groups -OCH3 is 1. The van der Waals surface area contributed by atoms with E-state index in [2.05, 4.69) is 5.32 Å². The summed E-state index contributed by atoms with van der Waals surface area (Å²) in [5.74, 6) is 0.857. The first-order valence-corrected chi connectivity index (χ1v) is 4.68. The van der Waals surface area contributed by atoms with Crippen LogP contribution in [0.3, 0.4) is 0 Å². The highest BCUT2D eigenvalue weighted by Crippen LogP contribution is 2.21. The molecule has 0 fully saturated rings. The van der Waals surface area contributed by atoms with Gasteiger partial charge in [-0.25, -0.2) is 0 Å². The SMILES string of the molecule is COc1ccc2c(c1)CC(C=O)NC2. The molecule has 3 heteroatoms. The zero-order chi connectivity index (χ0) is 9.97. The Kier molecular flexibility index (Phi) is 2.50. The third kappa shape index (κ3) is 1.63. The predicted octanol–water partition coefficient (Wildman–Crippen LogP) is 0.908. The van der Waals surface area contributed by atoms with Gasteiger partial charge < -0.3 is 14.8 Å². The average molecular weight is 191 g/mol. The van der Waals surface area contributed by atoms with E-state index in [4.69, 9.17) is 4.74 Å². The maximum atomic E-state index is 10.6. The second-order valence-corrected chi connectivity index (χ2v) is 3.46. The highest BCUT2D eigenvalue weighted by molar-refractivity contribution is 5.59. The minimum Gasteiger partial charge on any atom is -0.497 e. The van der Waals surface area contributed by atoms with Crippen LogP contribution in [-0.2, 0) is 17.8 Å². The summed E-state index contributed by atoms with van der Waals surface area (Å²) in [5, 5.41) is 3.15. The average Bonchev–Trinajstić information content (AvgIpc) is 2.27. The molecule has 1 aliphatic rings. The van der Waals surface area contributed by atoms with E-state index in [1.54, 1.807) is 7.11 Å². The molecule has 1 aromatic carbocycles. The molecular formula is C11H13NO2. The van der Waals surface area contributed by atoms with Crippen molar-refractivity contribution in [3.63, 3.8) is 0 Å². The van der Waals surface area contributed by atoms with E-state index >= 15 is 0 Å². The molecule has 1 atom stereocenters. The van der Waals surface area contributed by atoms with Crippen LogP contribution in [0.15, 0.2) is 18.2 Å². The summed E-state index contributed by atoms with van der Waals surface area (Å²) in [4.78, 5) is 10.6. The van der Waals surface area contributed by atoms with Crippen molar-refractivity contribution in [2.75, 3.05) is 7.11 Å². The van der Waals surface area contributed by atoms with E-state index in [1.807, 2.05) is 18.2 Å². The molecule has 3 nitrogen and oxygen atoms in total. The first-order valence-electron chi connectivity index (χ1n) is 4.68. The zero-order valence-corrected chi connectivity index (χ0v) is 8.12. The number of ether oxygens (including phenoxy) is 1. The molecule has 0 amide bonds. The predicted molar refractivity (Wildman–Crippen MR) is 53.4 cm³/mol. The lowest BCUT2D eigenvalue weighted by molar-refractivity contribution is -0.109. The fraction of sp³-hybridized carbons (Fsp3) is 0.364. The molecule has 0 bridgehead atoms. The minimum absolute atomic E-state index is 0.0467. The Balaban J connectivity index is 2.29. The number of nitrogens with one attached hydrogen (secondary N) is 1. The molecule has 2 rings (SSSR count). The Hall–Kier alpha value is -1.35. The molecule has 1 unspecified atom stereocenters. The normalized spacial score (nSPS) is 19.9. The Morgan fingerprint density at radius 1 is 1.50 bits per heavy atom. The van der Waals surface area contributed by atoms with Gasteiger partial charge >= 0.3 is 0 Å². The highest BCUT2D eigenvalue weighted by Gasteiger charge is 2.17. The van der Waals surface area contributed by atoms with Gasteiger partial charge in [0.15, 0.2) is 0 Å². The highest BCUT2D eigenvalue weighted by atomic mass is 16.5. The first kappa shape index (κ1) is 9.21. The molecule has 1 N–H and O–H groups in total. The number of carbonyl (C=O) groups excluding carboxylic acids is 1. The standard InChI is InChI=1S/C11H13NO2/c1-14-11-3-2-8-6-12-10(7-13)4-9(8)5-11/h2-3,5,7,10,12H,4,6H2,1H3. The molecular weight excluding hydrogens is 178 g/mol. The summed E-state index contributed by atoms with van der Waals surface area (Å²) in [6.45, 7) is 0.767. The summed E-state index contributed by atoms with van der Waals surface area (Å²) in [5.41, 5.74) is 2.46. The maximum absolute atomic E-state index is 10.6. The van der Waals surface area contributed by atoms with Crippen molar-refractivity contribution >= 4 is 6.29 Å². The molecule has 0 radical (unpaired) electrons. The fourth-order valence-corrected chi connectivity index (χ4v) is 1.74.